The van der Waals surface area contributed by atoms with Crippen LogP contribution in [0.15, 0.2) is 0 Å². The number of aliphatic hydroxyl groups excluding tert-OH is 1. The summed E-state index contributed by atoms with van der Waals surface area (Å²) in [7, 11) is 2.12. The molecule has 1 fully saturated rings. The molecule has 0 spiro atoms. The van der Waals surface area contributed by atoms with Crippen molar-refractivity contribution in [1.29, 1.82) is 0 Å². The summed E-state index contributed by atoms with van der Waals surface area (Å²) >= 11 is 0. The Morgan fingerprint density at radius 3 is 2.47 bits per heavy atom. The van der Waals surface area contributed by atoms with Crippen LogP contribution in [0.25, 0.3) is 0 Å². The van der Waals surface area contributed by atoms with Crippen LogP contribution in [-0.4, -0.2) is 29.3 Å². The number of rotatable bonds is 6. The molecule has 3 atom stereocenters. The second-order valence-electron chi connectivity index (χ2n) is 5.69. The highest BCUT2D eigenvalue weighted by Gasteiger charge is 2.29. The standard InChI is InChI=1S/C15H31NO/c1-4-9-13-11-7-6-8-12-14(13)16(3)15(17)10-5-2/h13-15,17H,4-12H2,1-3H3. The fourth-order valence-electron chi connectivity index (χ4n) is 3.29. The Kier molecular flexibility index (Phi) is 7.14. The summed E-state index contributed by atoms with van der Waals surface area (Å²) in [6.45, 7) is 4.43. The zero-order valence-corrected chi connectivity index (χ0v) is 12.0. The van der Waals surface area contributed by atoms with E-state index in [0.717, 1.165) is 18.8 Å². The van der Waals surface area contributed by atoms with Crippen LogP contribution in [0.1, 0.15) is 71.6 Å². The third-order valence-corrected chi connectivity index (χ3v) is 4.32. The predicted octanol–water partition coefficient (Wildman–Crippen LogP) is 3.79. The first-order valence-corrected chi connectivity index (χ1v) is 7.60. The van der Waals surface area contributed by atoms with Crippen LogP contribution in [0.2, 0.25) is 0 Å². The molecule has 0 aromatic rings. The third-order valence-electron chi connectivity index (χ3n) is 4.32. The lowest BCUT2D eigenvalue weighted by molar-refractivity contribution is -0.0310. The molecule has 0 amide bonds. The third kappa shape index (κ3) is 4.59. The first-order chi connectivity index (χ1) is 8.20. The van der Waals surface area contributed by atoms with Gasteiger partial charge in [-0.05, 0) is 38.6 Å². The Bertz CT molecular complexity index is 195. The van der Waals surface area contributed by atoms with Crippen molar-refractivity contribution in [3.05, 3.63) is 0 Å². The Hall–Kier alpha value is -0.0800. The van der Waals surface area contributed by atoms with Crippen molar-refractivity contribution < 1.29 is 5.11 Å². The van der Waals surface area contributed by atoms with Crippen LogP contribution in [0, 0.1) is 5.92 Å². The molecule has 1 aliphatic rings. The van der Waals surface area contributed by atoms with E-state index in [9.17, 15) is 5.11 Å². The molecule has 1 N–H and O–H groups in total. The molecule has 2 nitrogen and oxygen atoms in total. The van der Waals surface area contributed by atoms with Gasteiger partial charge in [0.25, 0.3) is 0 Å². The van der Waals surface area contributed by atoms with E-state index in [0.29, 0.717) is 6.04 Å². The molecule has 3 unspecified atom stereocenters. The molecule has 1 saturated carbocycles. The van der Waals surface area contributed by atoms with Gasteiger partial charge in [-0.2, -0.15) is 0 Å². The van der Waals surface area contributed by atoms with Crippen LogP contribution in [-0.2, 0) is 0 Å². The maximum Gasteiger partial charge on any atom is 0.107 e. The maximum absolute atomic E-state index is 10.2. The molecule has 1 rings (SSSR count). The second kappa shape index (κ2) is 8.10. The largest absolute Gasteiger partial charge is 0.378 e. The average Bonchev–Trinajstić information content (AvgIpc) is 2.54. The van der Waals surface area contributed by atoms with E-state index < -0.39 is 0 Å². The zero-order chi connectivity index (χ0) is 12.7. The molecule has 102 valence electrons. The molecule has 1 aliphatic carbocycles. The van der Waals surface area contributed by atoms with Crippen molar-refractivity contribution in [3.8, 4) is 0 Å². The second-order valence-corrected chi connectivity index (χ2v) is 5.69. The lowest BCUT2D eigenvalue weighted by atomic mass is 9.89. The van der Waals surface area contributed by atoms with E-state index in [1.165, 1.54) is 44.9 Å². The average molecular weight is 241 g/mol. The zero-order valence-electron chi connectivity index (χ0n) is 12.0. The van der Waals surface area contributed by atoms with Gasteiger partial charge in [0, 0.05) is 6.04 Å². The first-order valence-electron chi connectivity index (χ1n) is 7.60. The summed E-state index contributed by atoms with van der Waals surface area (Å²) in [5, 5.41) is 10.2. The Balaban J connectivity index is 2.60. The quantitative estimate of drug-likeness (QED) is 0.565. The molecular weight excluding hydrogens is 210 g/mol. The maximum atomic E-state index is 10.2. The SMILES string of the molecule is CCCC1CCCCCC1N(C)C(O)CCC. The van der Waals surface area contributed by atoms with Crippen molar-refractivity contribution in [2.45, 2.75) is 83.9 Å². The summed E-state index contributed by atoms with van der Waals surface area (Å²) in [5.74, 6) is 0.805. The highest BCUT2D eigenvalue weighted by Crippen LogP contribution is 2.31. The fraction of sp³-hybridized carbons (Fsp3) is 1.00. The van der Waals surface area contributed by atoms with Gasteiger partial charge in [-0.3, -0.25) is 4.90 Å². The Morgan fingerprint density at radius 2 is 1.82 bits per heavy atom. The van der Waals surface area contributed by atoms with Crippen LogP contribution < -0.4 is 0 Å². The van der Waals surface area contributed by atoms with Gasteiger partial charge in [-0.1, -0.05) is 46.0 Å². The minimum absolute atomic E-state index is 0.234. The van der Waals surface area contributed by atoms with Gasteiger partial charge in [0.05, 0.1) is 0 Å². The molecule has 0 heterocycles. The van der Waals surface area contributed by atoms with Gasteiger partial charge < -0.3 is 5.11 Å². The first kappa shape index (κ1) is 15.0. The van der Waals surface area contributed by atoms with E-state index in [1.54, 1.807) is 0 Å². The minimum atomic E-state index is -0.234. The summed E-state index contributed by atoms with van der Waals surface area (Å²) in [5.41, 5.74) is 0. The molecule has 17 heavy (non-hydrogen) atoms. The Morgan fingerprint density at radius 1 is 1.12 bits per heavy atom. The lowest BCUT2D eigenvalue weighted by Crippen LogP contribution is -2.44. The predicted molar refractivity (Wildman–Crippen MR) is 73.9 cm³/mol. The van der Waals surface area contributed by atoms with E-state index in [4.69, 9.17) is 0 Å². The molecular formula is C15H31NO. The van der Waals surface area contributed by atoms with Crippen LogP contribution in [0.5, 0.6) is 0 Å². The van der Waals surface area contributed by atoms with E-state index in [1.807, 2.05) is 0 Å². The van der Waals surface area contributed by atoms with Gasteiger partial charge in [0.2, 0.25) is 0 Å². The highest BCUT2D eigenvalue weighted by atomic mass is 16.3. The molecule has 0 saturated heterocycles. The van der Waals surface area contributed by atoms with Gasteiger partial charge >= 0.3 is 0 Å². The van der Waals surface area contributed by atoms with Crippen molar-refractivity contribution >= 4 is 0 Å². The summed E-state index contributed by atoms with van der Waals surface area (Å²) in [6.07, 6.45) is 11.1. The molecule has 0 aromatic carbocycles. The van der Waals surface area contributed by atoms with E-state index in [-0.39, 0.29) is 6.23 Å². The number of hydrogen-bond acceptors (Lipinski definition) is 2. The van der Waals surface area contributed by atoms with Crippen LogP contribution in [0.3, 0.4) is 0 Å². The van der Waals surface area contributed by atoms with Gasteiger partial charge in [-0.15, -0.1) is 0 Å². The summed E-state index contributed by atoms with van der Waals surface area (Å²) in [4.78, 5) is 2.26. The van der Waals surface area contributed by atoms with Crippen LogP contribution >= 0.6 is 0 Å². The molecule has 0 aliphatic heterocycles. The van der Waals surface area contributed by atoms with E-state index >= 15 is 0 Å². The monoisotopic (exact) mass is 241 g/mol. The van der Waals surface area contributed by atoms with Crippen molar-refractivity contribution in [2.75, 3.05) is 7.05 Å². The van der Waals surface area contributed by atoms with Crippen molar-refractivity contribution in [3.63, 3.8) is 0 Å². The highest BCUT2D eigenvalue weighted by molar-refractivity contribution is 4.81. The molecule has 0 bridgehead atoms. The van der Waals surface area contributed by atoms with Crippen molar-refractivity contribution in [2.24, 2.45) is 5.92 Å². The summed E-state index contributed by atoms with van der Waals surface area (Å²) < 4.78 is 0. The van der Waals surface area contributed by atoms with Gasteiger partial charge in [-0.25, -0.2) is 0 Å². The number of nitrogens with zero attached hydrogens (tertiary/aromatic N) is 1. The summed E-state index contributed by atoms with van der Waals surface area (Å²) in [6, 6.07) is 0.610. The van der Waals surface area contributed by atoms with Crippen LogP contribution in [0.4, 0.5) is 0 Å². The number of hydrogen-bond donors (Lipinski definition) is 1. The minimum Gasteiger partial charge on any atom is -0.378 e. The number of aliphatic hydroxyl groups is 1. The smallest absolute Gasteiger partial charge is 0.107 e. The Labute approximate surface area is 107 Å². The molecule has 0 aromatic heterocycles. The van der Waals surface area contributed by atoms with Gasteiger partial charge in [0.15, 0.2) is 0 Å². The normalized spacial score (nSPS) is 28.1. The topological polar surface area (TPSA) is 23.5 Å². The van der Waals surface area contributed by atoms with Gasteiger partial charge in [0.1, 0.15) is 6.23 Å². The fourth-order valence-corrected chi connectivity index (χ4v) is 3.29. The van der Waals surface area contributed by atoms with Crippen molar-refractivity contribution in [1.82, 2.24) is 4.90 Å². The van der Waals surface area contributed by atoms with E-state index in [2.05, 4.69) is 25.8 Å². The molecule has 0 radical (unpaired) electrons. The lowest BCUT2D eigenvalue weighted by Gasteiger charge is -2.36. The molecule has 2 heteroatoms.